The van der Waals surface area contributed by atoms with Crippen molar-refractivity contribution in [3.63, 3.8) is 0 Å². The van der Waals surface area contributed by atoms with E-state index in [1.54, 1.807) is 0 Å². The highest BCUT2D eigenvalue weighted by Crippen LogP contribution is 2.18. The summed E-state index contributed by atoms with van der Waals surface area (Å²) < 4.78 is 5.64. The topological polar surface area (TPSA) is 67.3 Å². The molecule has 5 nitrogen and oxygen atoms in total. The monoisotopic (exact) mass is 260 g/mol. The van der Waals surface area contributed by atoms with Gasteiger partial charge in [0.05, 0.1) is 0 Å². The molecule has 1 aromatic carbocycles. The van der Waals surface area contributed by atoms with Gasteiger partial charge in [0.25, 0.3) is 0 Å². The molecule has 1 aliphatic rings. The normalized spacial score (nSPS) is 17.1. The van der Waals surface area contributed by atoms with Crippen molar-refractivity contribution in [2.24, 2.45) is 5.73 Å². The van der Waals surface area contributed by atoms with Crippen LogP contribution >= 0.6 is 0 Å². The van der Waals surface area contributed by atoms with Gasteiger partial charge in [-0.3, -0.25) is 4.90 Å². The van der Waals surface area contributed by atoms with Crippen LogP contribution in [0.5, 0.6) is 0 Å². The summed E-state index contributed by atoms with van der Waals surface area (Å²) in [6.45, 7) is 5.92. The molecular formula is C14H20N4O. The fourth-order valence-electron chi connectivity index (χ4n) is 2.48. The van der Waals surface area contributed by atoms with Gasteiger partial charge in [-0.15, -0.1) is 0 Å². The third-order valence-corrected chi connectivity index (χ3v) is 3.47. The maximum atomic E-state index is 5.64. The summed E-state index contributed by atoms with van der Waals surface area (Å²) in [6.07, 6.45) is 0.696. The highest BCUT2D eigenvalue weighted by Gasteiger charge is 2.11. The Balaban J connectivity index is 1.76. The van der Waals surface area contributed by atoms with Crippen LogP contribution in [-0.2, 0) is 13.0 Å². The second-order valence-electron chi connectivity index (χ2n) is 4.97. The summed E-state index contributed by atoms with van der Waals surface area (Å²) in [4.78, 5) is 6.94. The van der Waals surface area contributed by atoms with E-state index < -0.39 is 0 Å². The molecule has 0 bridgehead atoms. The summed E-state index contributed by atoms with van der Waals surface area (Å²) in [5.41, 5.74) is 8.61. The fraction of sp³-hybridized carbons (Fsp3) is 0.500. The van der Waals surface area contributed by atoms with Gasteiger partial charge in [-0.1, -0.05) is 6.07 Å². The highest BCUT2D eigenvalue weighted by atomic mass is 16.3. The third-order valence-electron chi connectivity index (χ3n) is 3.47. The Bertz CT molecular complexity index is 545. The van der Waals surface area contributed by atoms with Crippen LogP contribution in [0.1, 0.15) is 11.5 Å². The van der Waals surface area contributed by atoms with Crippen molar-refractivity contribution in [3.8, 4) is 0 Å². The van der Waals surface area contributed by atoms with Crippen molar-refractivity contribution < 1.29 is 4.42 Å². The van der Waals surface area contributed by atoms with Crippen LogP contribution < -0.4 is 11.1 Å². The molecule has 0 unspecified atom stereocenters. The van der Waals surface area contributed by atoms with Gasteiger partial charge in [-0.25, -0.2) is 4.98 Å². The van der Waals surface area contributed by atoms with E-state index in [2.05, 4.69) is 27.3 Å². The predicted octanol–water partition coefficient (Wildman–Crippen LogP) is 0.734. The van der Waals surface area contributed by atoms with Gasteiger partial charge < -0.3 is 15.5 Å². The Hall–Kier alpha value is -1.43. The van der Waals surface area contributed by atoms with Gasteiger partial charge in [0.1, 0.15) is 5.52 Å². The summed E-state index contributed by atoms with van der Waals surface area (Å²) >= 11 is 0. The molecule has 1 saturated heterocycles. The maximum Gasteiger partial charge on any atom is 0.196 e. The standard InChI is InChI=1S/C14H20N4O/c15-4-3-14-17-12-9-11(1-2-13(12)19-14)10-18-7-5-16-6-8-18/h1-2,9,16H,3-8,10,15H2. The van der Waals surface area contributed by atoms with E-state index in [4.69, 9.17) is 10.2 Å². The molecule has 3 rings (SSSR count). The number of nitrogens with zero attached hydrogens (tertiary/aromatic N) is 2. The average Bonchev–Trinajstić information content (AvgIpc) is 2.82. The number of nitrogens with two attached hydrogens (primary N) is 1. The molecule has 0 aliphatic carbocycles. The Morgan fingerprint density at radius 1 is 1.32 bits per heavy atom. The number of hydrogen-bond donors (Lipinski definition) is 2. The first kappa shape index (κ1) is 12.6. The number of aromatic nitrogens is 1. The van der Waals surface area contributed by atoms with E-state index in [9.17, 15) is 0 Å². The first-order chi connectivity index (χ1) is 9.35. The van der Waals surface area contributed by atoms with E-state index in [1.807, 2.05) is 6.07 Å². The molecule has 0 radical (unpaired) electrons. The van der Waals surface area contributed by atoms with Crippen molar-refractivity contribution in [3.05, 3.63) is 29.7 Å². The Morgan fingerprint density at radius 2 is 2.16 bits per heavy atom. The smallest absolute Gasteiger partial charge is 0.196 e. The first-order valence-corrected chi connectivity index (χ1v) is 6.86. The number of oxazole rings is 1. The molecule has 2 heterocycles. The van der Waals surface area contributed by atoms with E-state index in [1.165, 1.54) is 5.56 Å². The van der Waals surface area contributed by atoms with E-state index in [-0.39, 0.29) is 0 Å². The minimum atomic E-state index is 0.570. The van der Waals surface area contributed by atoms with Gasteiger partial charge in [-0.05, 0) is 17.7 Å². The number of nitrogens with one attached hydrogen (secondary N) is 1. The molecule has 0 amide bonds. The fourth-order valence-corrected chi connectivity index (χ4v) is 2.48. The lowest BCUT2D eigenvalue weighted by molar-refractivity contribution is 0.233. The van der Waals surface area contributed by atoms with Crippen LogP contribution in [0.15, 0.2) is 22.6 Å². The molecule has 1 aromatic heterocycles. The Labute approximate surface area is 112 Å². The number of rotatable bonds is 4. The van der Waals surface area contributed by atoms with Crippen LogP contribution in [0.4, 0.5) is 0 Å². The zero-order chi connectivity index (χ0) is 13.1. The largest absolute Gasteiger partial charge is 0.441 e. The Morgan fingerprint density at radius 3 is 2.95 bits per heavy atom. The van der Waals surface area contributed by atoms with Crippen molar-refractivity contribution in [1.29, 1.82) is 0 Å². The third kappa shape index (κ3) is 2.94. The number of hydrogen-bond acceptors (Lipinski definition) is 5. The molecule has 1 aliphatic heterocycles. The van der Waals surface area contributed by atoms with Gasteiger partial charge in [0, 0.05) is 45.7 Å². The summed E-state index contributed by atoms with van der Waals surface area (Å²) in [5.74, 6) is 0.733. The number of fused-ring (bicyclic) bond motifs is 1. The maximum absolute atomic E-state index is 5.64. The van der Waals surface area contributed by atoms with Crippen LogP contribution in [0.25, 0.3) is 11.1 Å². The zero-order valence-electron chi connectivity index (χ0n) is 11.1. The highest BCUT2D eigenvalue weighted by molar-refractivity contribution is 5.73. The SMILES string of the molecule is NCCc1nc2cc(CN3CCNCC3)ccc2o1. The number of piperazine rings is 1. The molecule has 19 heavy (non-hydrogen) atoms. The van der Waals surface area contributed by atoms with Crippen LogP contribution in [0.2, 0.25) is 0 Å². The lowest BCUT2D eigenvalue weighted by atomic mass is 10.2. The van der Waals surface area contributed by atoms with E-state index in [0.29, 0.717) is 13.0 Å². The lowest BCUT2D eigenvalue weighted by Crippen LogP contribution is -2.42. The zero-order valence-corrected chi connectivity index (χ0v) is 11.1. The minimum Gasteiger partial charge on any atom is -0.441 e. The second-order valence-corrected chi connectivity index (χ2v) is 4.97. The molecule has 3 N–H and O–H groups in total. The van der Waals surface area contributed by atoms with Crippen molar-refractivity contribution in [2.45, 2.75) is 13.0 Å². The average molecular weight is 260 g/mol. The lowest BCUT2D eigenvalue weighted by Gasteiger charge is -2.27. The molecule has 0 spiro atoms. The summed E-state index contributed by atoms with van der Waals surface area (Å²) in [6, 6.07) is 6.27. The molecule has 5 heteroatoms. The van der Waals surface area contributed by atoms with Gasteiger partial charge in [0.15, 0.2) is 11.5 Å². The van der Waals surface area contributed by atoms with Gasteiger partial charge in [0.2, 0.25) is 0 Å². The van der Waals surface area contributed by atoms with Gasteiger partial charge in [-0.2, -0.15) is 0 Å². The van der Waals surface area contributed by atoms with Crippen molar-refractivity contribution in [1.82, 2.24) is 15.2 Å². The summed E-state index contributed by atoms with van der Waals surface area (Å²) in [7, 11) is 0. The quantitative estimate of drug-likeness (QED) is 0.848. The van der Waals surface area contributed by atoms with E-state index >= 15 is 0 Å². The van der Waals surface area contributed by atoms with E-state index in [0.717, 1.165) is 49.7 Å². The second kappa shape index (κ2) is 5.69. The van der Waals surface area contributed by atoms with Crippen LogP contribution in [0.3, 0.4) is 0 Å². The minimum absolute atomic E-state index is 0.570. The van der Waals surface area contributed by atoms with Crippen molar-refractivity contribution >= 4 is 11.1 Å². The van der Waals surface area contributed by atoms with Gasteiger partial charge >= 0.3 is 0 Å². The van der Waals surface area contributed by atoms with Crippen LogP contribution in [-0.4, -0.2) is 42.6 Å². The predicted molar refractivity (Wildman–Crippen MR) is 74.9 cm³/mol. The number of benzene rings is 1. The molecular weight excluding hydrogens is 240 g/mol. The molecule has 2 aromatic rings. The van der Waals surface area contributed by atoms with Crippen LogP contribution in [0, 0.1) is 0 Å². The molecule has 1 fully saturated rings. The molecule has 0 saturated carbocycles. The first-order valence-electron chi connectivity index (χ1n) is 6.86. The van der Waals surface area contributed by atoms with Crippen molar-refractivity contribution in [2.75, 3.05) is 32.7 Å². The Kier molecular flexibility index (Phi) is 3.77. The summed E-state index contributed by atoms with van der Waals surface area (Å²) in [5, 5.41) is 3.37. The molecule has 102 valence electrons. The molecule has 0 atom stereocenters.